The summed E-state index contributed by atoms with van der Waals surface area (Å²) in [5.74, 6) is 1.38. The summed E-state index contributed by atoms with van der Waals surface area (Å²) >= 11 is 1.62. The molecule has 23 heavy (non-hydrogen) atoms. The van der Waals surface area contributed by atoms with Crippen LogP contribution in [0.2, 0.25) is 0 Å². The Labute approximate surface area is 139 Å². The van der Waals surface area contributed by atoms with Gasteiger partial charge in [-0.15, -0.1) is 11.3 Å². The van der Waals surface area contributed by atoms with Gasteiger partial charge >= 0.3 is 0 Å². The molecule has 2 atom stereocenters. The van der Waals surface area contributed by atoms with Crippen LogP contribution in [0.3, 0.4) is 0 Å². The summed E-state index contributed by atoms with van der Waals surface area (Å²) in [5, 5.41) is 13.8. The molecule has 0 aliphatic rings. The van der Waals surface area contributed by atoms with Gasteiger partial charge in [-0.2, -0.15) is 10.1 Å². The van der Waals surface area contributed by atoms with E-state index in [0.29, 0.717) is 23.8 Å². The summed E-state index contributed by atoms with van der Waals surface area (Å²) in [6, 6.07) is 6.60. The van der Waals surface area contributed by atoms with E-state index >= 15 is 0 Å². The van der Waals surface area contributed by atoms with Crippen molar-refractivity contribution in [3.8, 4) is 10.7 Å². The van der Waals surface area contributed by atoms with Crippen LogP contribution in [0.5, 0.6) is 0 Å². The first-order valence-corrected chi connectivity index (χ1v) is 8.71. The van der Waals surface area contributed by atoms with Gasteiger partial charge in [0.15, 0.2) is 0 Å². The molecule has 0 aromatic carbocycles. The Hall–Kier alpha value is -1.99. The number of nitrogens with zero attached hydrogens (tertiary/aromatic N) is 4. The molecule has 0 bridgehead atoms. The zero-order chi connectivity index (χ0) is 16.1. The van der Waals surface area contributed by atoms with Crippen LogP contribution in [0.25, 0.3) is 10.7 Å². The van der Waals surface area contributed by atoms with E-state index in [-0.39, 0.29) is 0 Å². The second kappa shape index (κ2) is 7.52. The highest BCUT2D eigenvalue weighted by atomic mass is 32.1. The minimum atomic E-state index is 0.318. The highest BCUT2D eigenvalue weighted by Gasteiger charge is 2.13. The summed E-state index contributed by atoms with van der Waals surface area (Å²) in [7, 11) is 0. The number of aromatic nitrogens is 4. The third-order valence-electron chi connectivity index (χ3n) is 3.91. The first-order chi connectivity index (χ1) is 11.2. The Morgan fingerprint density at radius 2 is 2.26 bits per heavy atom. The molecule has 0 aliphatic heterocycles. The van der Waals surface area contributed by atoms with Crippen molar-refractivity contribution in [1.82, 2.24) is 25.2 Å². The lowest BCUT2D eigenvalue weighted by Crippen LogP contribution is -2.34. The minimum absolute atomic E-state index is 0.318. The normalized spacial score (nSPS) is 14.0. The van der Waals surface area contributed by atoms with Crippen molar-refractivity contribution >= 4 is 11.3 Å². The Morgan fingerprint density at radius 3 is 3.00 bits per heavy atom. The lowest BCUT2D eigenvalue weighted by Gasteiger charge is -2.21. The van der Waals surface area contributed by atoms with Crippen LogP contribution in [0.4, 0.5) is 0 Å². The Bertz CT molecular complexity index is 692. The molecular formula is C16H21N5OS. The molecule has 0 radical (unpaired) electrons. The van der Waals surface area contributed by atoms with E-state index in [4.69, 9.17) is 4.52 Å². The number of nitrogens with one attached hydrogen (secondary N) is 1. The number of hydrogen-bond donors (Lipinski definition) is 1. The standard InChI is InChI=1S/C16H21N5OS/c1-12(13(2)21-10-5-9-18-21)17-8-3-7-15-19-16(20-22-15)14-6-4-11-23-14/h4-6,9-13,17H,3,7-8H2,1-2H3. The van der Waals surface area contributed by atoms with Gasteiger partial charge in [0, 0.05) is 24.9 Å². The fourth-order valence-corrected chi connectivity index (χ4v) is 3.00. The Balaban J connectivity index is 1.41. The van der Waals surface area contributed by atoms with Crippen LogP contribution in [-0.2, 0) is 6.42 Å². The van der Waals surface area contributed by atoms with Gasteiger partial charge < -0.3 is 9.84 Å². The zero-order valence-corrected chi connectivity index (χ0v) is 14.2. The van der Waals surface area contributed by atoms with Crippen LogP contribution in [0, 0.1) is 0 Å². The lowest BCUT2D eigenvalue weighted by molar-refractivity contribution is 0.353. The van der Waals surface area contributed by atoms with E-state index in [1.807, 2.05) is 40.7 Å². The summed E-state index contributed by atoms with van der Waals surface area (Å²) in [5.41, 5.74) is 0. The quantitative estimate of drug-likeness (QED) is 0.642. The molecule has 2 unspecified atom stereocenters. The first kappa shape index (κ1) is 15.9. The largest absolute Gasteiger partial charge is 0.339 e. The molecular weight excluding hydrogens is 310 g/mol. The van der Waals surface area contributed by atoms with Gasteiger partial charge in [-0.1, -0.05) is 11.2 Å². The lowest BCUT2D eigenvalue weighted by atomic mass is 10.1. The van der Waals surface area contributed by atoms with E-state index in [2.05, 4.69) is 34.4 Å². The molecule has 3 heterocycles. The highest BCUT2D eigenvalue weighted by Crippen LogP contribution is 2.21. The van der Waals surface area contributed by atoms with Crippen molar-refractivity contribution in [2.45, 2.75) is 38.8 Å². The van der Waals surface area contributed by atoms with Gasteiger partial charge in [0.05, 0.1) is 10.9 Å². The fourth-order valence-electron chi connectivity index (χ4n) is 2.35. The van der Waals surface area contributed by atoms with Gasteiger partial charge in [0.1, 0.15) is 0 Å². The Morgan fingerprint density at radius 1 is 1.35 bits per heavy atom. The van der Waals surface area contributed by atoms with Gasteiger partial charge in [0.2, 0.25) is 11.7 Å². The van der Waals surface area contributed by atoms with Crippen LogP contribution < -0.4 is 5.32 Å². The molecule has 3 aromatic rings. The summed E-state index contributed by atoms with van der Waals surface area (Å²) in [4.78, 5) is 5.48. The van der Waals surface area contributed by atoms with Crippen molar-refractivity contribution in [3.05, 3.63) is 41.9 Å². The number of rotatable bonds is 8. The third kappa shape index (κ3) is 4.05. The van der Waals surface area contributed by atoms with Gasteiger partial charge in [0.25, 0.3) is 0 Å². The molecule has 0 aliphatic carbocycles. The van der Waals surface area contributed by atoms with E-state index < -0.39 is 0 Å². The van der Waals surface area contributed by atoms with Crippen molar-refractivity contribution in [2.24, 2.45) is 0 Å². The van der Waals surface area contributed by atoms with Crippen LogP contribution in [0.1, 0.15) is 32.2 Å². The molecule has 3 rings (SSSR count). The Kier molecular flexibility index (Phi) is 5.19. The van der Waals surface area contributed by atoms with Crippen molar-refractivity contribution < 1.29 is 4.52 Å². The van der Waals surface area contributed by atoms with Crippen LogP contribution in [0.15, 0.2) is 40.5 Å². The van der Waals surface area contributed by atoms with Crippen molar-refractivity contribution in [2.75, 3.05) is 6.54 Å². The van der Waals surface area contributed by atoms with Crippen LogP contribution >= 0.6 is 11.3 Å². The summed E-state index contributed by atoms with van der Waals surface area (Å²) in [6.07, 6.45) is 5.55. The maximum atomic E-state index is 5.31. The van der Waals surface area contributed by atoms with E-state index in [1.165, 1.54) is 0 Å². The summed E-state index contributed by atoms with van der Waals surface area (Å²) in [6.45, 7) is 5.24. The predicted molar refractivity (Wildman–Crippen MR) is 90.3 cm³/mol. The maximum Gasteiger partial charge on any atom is 0.227 e. The summed E-state index contributed by atoms with van der Waals surface area (Å²) < 4.78 is 7.28. The smallest absolute Gasteiger partial charge is 0.227 e. The minimum Gasteiger partial charge on any atom is -0.339 e. The average molecular weight is 331 g/mol. The molecule has 0 saturated carbocycles. The molecule has 122 valence electrons. The first-order valence-electron chi connectivity index (χ1n) is 7.83. The molecule has 7 heteroatoms. The number of hydrogen-bond acceptors (Lipinski definition) is 6. The van der Waals surface area contributed by atoms with Gasteiger partial charge in [-0.25, -0.2) is 0 Å². The molecule has 1 N–H and O–H groups in total. The monoisotopic (exact) mass is 331 g/mol. The topological polar surface area (TPSA) is 68.8 Å². The molecule has 0 spiro atoms. The molecule has 0 amide bonds. The van der Waals surface area contributed by atoms with E-state index in [0.717, 1.165) is 24.3 Å². The number of aryl methyl sites for hydroxylation is 1. The van der Waals surface area contributed by atoms with Crippen molar-refractivity contribution in [1.29, 1.82) is 0 Å². The second-order valence-corrected chi connectivity index (χ2v) is 6.51. The van der Waals surface area contributed by atoms with Gasteiger partial charge in [-0.3, -0.25) is 4.68 Å². The second-order valence-electron chi connectivity index (χ2n) is 5.56. The predicted octanol–water partition coefficient (Wildman–Crippen LogP) is 3.17. The van der Waals surface area contributed by atoms with E-state index in [9.17, 15) is 0 Å². The highest BCUT2D eigenvalue weighted by molar-refractivity contribution is 7.13. The molecule has 6 nitrogen and oxygen atoms in total. The fraction of sp³-hybridized carbons (Fsp3) is 0.438. The maximum absolute atomic E-state index is 5.31. The SMILES string of the molecule is CC(NCCCc1nc(-c2cccs2)no1)C(C)n1cccn1. The third-order valence-corrected chi connectivity index (χ3v) is 4.77. The van der Waals surface area contributed by atoms with E-state index in [1.54, 1.807) is 11.3 Å². The zero-order valence-electron chi connectivity index (χ0n) is 13.3. The van der Waals surface area contributed by atoms with Crippen LogP contribution in [-0.4, -0.2) is 32.5 Å². The van der Waals surface area contributed by atoms with Crippen molar-refractivity contribution in [3.63, 3.8) is 0 Å². The average Bonchev–Trinajstić information content (AvgIpc) is 3.32. The van der Waals surface area contributed by atoms with Gasteiger partial charge in [-0.05, 0) is 44.3 Å². The molecule has 3 aromatic heterocycles. The number of thiophene rings is 1. The molecule has 0 saturated heterocycles. The molecule has 0 fully saturated rings.